The molecule has 34 nitrogen and oxygen atoms in total. The molecule has 0 unspecified atom stereocenters. The second kappa shape index (κ2) is 44.6. The van der Waals surface area contributed by atoms with Crippen LogP contribution in [0.3, 0.4) is 0 Å². The lowest BCUT2D eigenvalue weighted by Gasteiger charge is -2.32. The monoisotopic (exact) mass is 1570 g/mol. The predicted octanol–water partition coefficient (Wildman–Crippen LogP) is 0.108. The molecule has 2 aliphatic carbocycles. The first kappa shape index (κ1) is 86.4. The van der Waals surface area contributed by atoms with E-state index < -0.39 is 127 Å². The van der Waals surface area contributed by atoms with Crippen LogP contribution in [0.25, 0.3) is 22.3 Å². The quantitative estimate of drug-likeness (QED) is 0.0108. The fourth-order valence-electron chi connectivity index (χ4n) is 12.7. The van der Waals surface area contributed by atoms with Crippen LogP contribution in [-0.4, -0.2) is 248 Å². The molecule has 610 valence electrons. The number of hydrogen-bond acceptors (Lipinski definition) is 24. The van der Waals surface area contributed by atoms with E-state index in [1.807, 2.05) is 0 Å². The van der Waals surface area contributed by atoms with Crippen LogP contribution < -0.4 is 48.1 Å². The molecule has 2 aromatic heterocycles. The van der Waals surface area contributed by atoms with Crippen LogP contribution in [0.5, 0.6) is 0 Å². The first-order valence-corrected chi connectivity index (χ1v) is 37.9. The number of hydrogen-bond donors (Lipinski definition) is 9. The van der Waals surface area contributed by atoms with Crippen molar-refractivity contribution < 1.29 is 110 Å². The van der Waals surface area contributed by atoms with Crippen LogP contribution in [-0.2, 0) is 132 Å². The molecule has 4 aromatic rings. The zero-order chi connectivity index (χ0) is 79.8. The van der Waals surface area contributed by atoms with Gasteiger partial charge in [-0.1, -0.05) is 49.6 Å². The van der Waals surface area contributed by atoms with Gasteiger partial charge in [0.25, 0.3) is 17.4 Å². The number of carbonyl (C=O) groups excluding carboxylic acids is 11. The van der Waals surface area contributed by atoms with Crippen LogP contribution in [0.1, 0.15) is 104 Å². The van der Waals surface area contributed by atoms with Gasteiger partial charge in [0.1, 0.15) is 37.3 Å². The van der Waals surface area contributed by atoms with Gasteiger partial charge in [0, 0.05) is 80.7 Å². The van der Waals surface area contributed by atoms with E-state index >= 15 is 4.39 Å². The van der Waals surface area contributed by atoms with E-state index in [1.54, 1.807) is 56.5 Å². The van der Waals surface area contributed by atoms with Crippen LogP contribution in [0.4, 0.5) is 4.39 Å². The molecule has 4 atom stereocenters. The van der Waals surface area contributed by atoms with Gasteiger partial charge in [-0.2, -0.15) is 0 Å². The van der Waals surface area contributed by atoms with E-state index in [0.717, 1.165) is 17.7 Å². The zero-order valence-corrected chi connectivity index (χ0v) is 63.3. The van der Waals surface area contributed by atoms with Crippen LogP contribution >= 0.6 is 0 Å². The number of rotatable bonds is 54. The number of amides is 10. The Balaban J connectivity index is 0.674. The number of cyclic esters (lactones) is 1. The molecule has 2 saturated carbocycles. The van der Waals surface area contributed by atoms with Gasteiger partial charge >= 0.3 is 5.97 Å². The van der Waals surface area contributed by atoms with Crippen molar-refractivity contribution in [3.05, 3.63) is 110 Å². The molecule has 5 heterocycles. The minimum Gasteiger partial charge on any atom is -0.458 e. The molecule has 9 rings (SSSR count). The number of nitrogens with one attached hydrogen (secondary N) is 8. The largest absolute Gasteiger partial charge is 0.458 e. The van der Waals surface area contributed by atoms with Crippen molar-refractivity contribution in [3.63, 3.8) is 0 Å². The number of fused-ring (bicyclic) bond motifs is 5. The van der Waals surface area contributed by atoms with E-state index in [0.29, 0.717) is 150 Å². The molecule has 0 spiro atoms. The molecule has 5 aliphatic rings. The number of aryl methyl sites for hydroxylation is 1. The maximum absolute atomic E-state index is 15.2. The fraction of sp³-hybridized carbons (Fsp3) is 0.571. The standard InChI is InChI=1S/C77H102FN11O23/c1-49-37-53-54(55-46-89-62(70(55)87-60(53)40-58(49)78)39-57-56(75(89)100)47-111-76(101)77(57,102)41-51-12-13-51)42-82-74(99)71(52-14-15-52)112-48-84-66(93)44-83-73(98)61(38-50-9-5-3-6-10-50)86-67(94)45-81-65(92)43-80-63(90)17-16-59(85-64(91)11-7-4-8-21-88-68(95)18-19-69(88)96)72(97)79-20-22-104-25-26-106-29-30-108-33-34-110-36-35-109-32-31-107-28-27-105-24-23-103-2/h3,5-6,9-10,18-19,37,39-40,51-52,59,61,71,102H,4,7-8,11-17,20-36,38,41-48H2,1-2H3,(H,79,97)(H,80,90)(H,81,92)(H,82,99)(H,83,98)(H,84,93)(H,85,91)(H,86,94)/t59-,61-,71-,77-/m0/s1. The molecule has 2 aromatic carbocycles. The molecule has 3 aliphatic heterocycles. The molecule has 112 heavy (non-hydrogen) atoms. The maximum Gasteiger partial charge on any atom is 0.343 e. The number of nitrogens with zero attached hydrogens (tertiary/aromatic N) is 3. The molecular formula is C77H102FN11O23. The van der Waals surface area contributed by atoms with Gasteiger partial charge in [-0.3, -0.25) is 57.6 Å². The molecule has 35 heteroatoms. The van der Waals surface area contributed by atoms with E-state index in [9.17, 15) is 62.6 Å². The van der Waals surface area contributed by atoms with Gasteiger partial charge in [0.05, 0.1) is 148 Å². The summed E-state index contributed by atoms with van der Waals surface area (Å²) in [6.45, 7) is 4.92. The van der Waals surface area contributed by atoms with Gasteiger partial charge in [0.15, 0.2) is 5.60 Å². The van der Waals surface area contributed by atoms with Gasteiger partial charge in [-0.05, 0) is 86.1 Å². The Morgan fingerprint density at radius 1 is 0.625 bits per heavy atom. The van der Waals surface area contributed by atoms with Crippen molar-refractivity contribution in [1.82, 2.24) is 57.0 Å². The van der Waals surface area contributed by atoms with Crippen LogP contribution in [0.2, 0.25) is 0 Å². The minimum absolute atomic E-state index is 0.000350. The Labute approximate surface area is 646 Å². The summed E-state index contributed by atoms with van der Waals surface area (Å²) >= 11 is 0. The molecule has 2 fully saturated rings. The van der Waals surface area contributed by atoms with Gasteiger partial charge in [-0.15, -0.1) is 0 Å². The maximum atomic E-state index is 15.2. The first-order chi connectivity index (χ1) is 54.2. The summed E-state index contributed by atoms with van der Waals surface area (Å²) in [6, 6.07) is 10.7. The van der Waals surface area contributed by atoms with Crippen molar-refractivity contribution >= 4 is 75.9 Å². The summed E-state index contributed by atoms with van der Waals surface area (Å²) < 4.78 is 71.3. The lowest BCUT2D eigenvalue weighted by Crippen LogP contribution is -2.52. The average Bonchev–Trinajstić information content (AvgIpc) is 1.53. The number of aromatic nitrogens is 2. The summed E-state index contributed by atoms with van der Waals surface area (Å²) in [5.74, 6) is -7.59. The number of carbonyl (C=O) groups is 11. The Kier molecular flexibility index (Phi) is 34.4. The lowest BCUT2D eigenvalue weighted by molar-refractivity contribution is -0.173. The van der Waals surface area contributed by atoms with Crippen molar-refractivity contribution in [1.29, 1.82) is 0 Å². The van der Waals surface area contributed by atoms with Gasteiger partial charge < -0.3 is 99.6 Å². The van der Waals surface area contributed by atoms with E-state index in [4.69, 9.17) is 52.4 Å². The van der Waals surface area contributed by atoms with Crippen molar-refractivity contribution in [2.75, 3.05) is 146 Å². The number of halogens is 1. The lowest BCUT2D eigenvalue weighted by atomic mass is 9.84. The number of aliphatic hydroxyl groups is 1. The first-order valence-electron chi connectivity index (χ1n) is 37.9. The highest BCUT2D eigenvalue weighted by Gasteiger charge is 2.50. The van der Waals surface area contributed by atoms with Gasteiger partial charge in [0.2, 0.25) is 47.3 Å². The number of benzene rings is 2. The van der Waals surface area contributed by atoms with Crippen LogP contribution in [0, 0.1) is 24.6 Å². The Hall–Kier alpha value is -9.56. The second-order valence-corrected chi connectivity index (χ2v) is 27.6. The average molecular weight is 1570 g/mol. The topological polar surface area (TPSA) is 435 Å². The normalized spacial score (nSPS) is 16.2. The second-order valence-electron chi connectivity index (χ2n) is 27.6. The summed E-state index contributed by atoms with van der Waals surface area (Å²) in [4.78, 5) is 164. The Bertz CT molecular complexity index is 4010. The van der Waals surface area contributed by atoms with Crippen molar-refractivity contribution in [2.24, 2.45) is 11.8 Å². The number of methoxy groups -OCH3 is 1. The predicted molar refractivity (Wildman–Crippen MR) is 396 cm³/mol. The smallest absolute Gasteiger partial charge is 0.343 e. The Morgan fingerprint density at radius 3 is 1.85 bits per heavy atom. The summed E-state index contributed by atoms with van der Waals surface area (Å²) in [6.07, 6.45) is 5.20. The Morgan fingerprint density at radius 2 is 1.21 bits per heavy atom. The van der Waals surface area contributed by atoms with Crippen LogP contribution in [0.15, 0.2) is 65.5 Å². The van der Waals surface area contributed by atoms with Crippen molar-refractivity contribution in [3.8, 4) is 11.4 Å². The number of esters is 1. The molecule has 0 saturated heterocycles. The summed E-state index contributed by atoms with van der Waals surface area (Å²) in [7, 11) is 1.61. The third-order valence-corrected chi connectivity index (χ3v) is 19.1. The highest BCUT2D eigenvalue weighted by molar-refractivity contribution is 6.12. The minimum atomic E-state index is -2.04. The number of pyridine rings is 2. The SMILES string of the molecule is COCCOCCOCCOCCOCCOCCOCCOCCNC(=O)[C@H](CCC(=O)NCC(=O)NCC(=O)N[C@@H](Cc1ccccc1)C(=O)NCC(=O)NCO[C@H](C(=O)NCc1c2c(nc3cc(F)c(C)cc13)-c1cc3c(c(=O)n1C2)COC(=O)[C@]3(O)CC1CC1)C1CC1)NC(=O)CCCCCN1C(=O)C=CC1=O. The number of imide groups is 1. The summed E-state index contributed by atoms with van der Waals surface area (Å²) in [5.41, 5.74) is 0.781. The molecule has 10 amide bonds. The van der Waals surface area contributed by atoms with E-state index in [-0.39, 0.29) is 113 Å². The highest BCUT2D eigenvalue weighted by atomic mass is 19.1. The van der Waals surface area contributed by atoms with E-state index in [2.05, 4.69) is 42.5 Å². The molecular weight excluding hydrogens is 1470 g/mol. The number of unbranched alkanes of at least 4 members (excludes halogenated alkanes) is 2. The highest BCUT2D eigenvalue weighted by Crippen LogP contribution is 2.46. The molecule has 9 N–H and O–H groups in total. The molecule has 0 radical (unpaired) electrons. The van der Waals surface area contributed by atoms with Gasteiger partial charge in [-0.25, -0.2) is 14.2 Å². The van der Waals surface area contributed by atoms with E-state index in [1.165, 1.54) is 22.8 Å². The van der Waals surface area contributed by atoms with Crippen molar-refractivity contribution in [2.45, 2.75) is 127 Å². The molecule has 0 bridgehead atoms. The third-order valence-electron chi connectivity index (χ3n) is 19.1. The number of ether oxygens (including phenoxy) is 10. The zero-order valence-electron chi connectivity index (χ0n) is 63.3. The third kappa shape index (κ3) is 26.8. The summed E-state index contributed by atoms with van der Waals surface area (Å²) in [5, 5.41) is 33.1. The fourth-order valence-corrected chi connectivity index (χ4v) is 12.7.